The lowest BCUT2D eigenvalue weighted by Crippen LogP contribution is -2.60. The molecule has 13 unspecified atom stereocenters. The van der Waals surface area contributed by atoms with Crippen molar-refractivity contribution in [3.63, 3.8) is 0 Å². The van der Waals surface area contributed by atoms with Gasteiger partial charge in [-0.25, -0.2) is 0 Å². The summed E-state index contributed by atoms with van der Waals surface area (Å²) < 4.78 is 11.6. The predicted molar refractivity (Wildman–Crippen MR) is 207 cm³/mol. The van der Waals surface area contributed by atoms with E-state index in [0.717, 1.165) is 50.5 Å². The minimum atomic E-state index is -1.77. The van der Waals surface area contributed by atoms with Gasteiger partial charge in [-0.2, -0.15) is 0 Å². The molecule has 8 nitrogen and oxygen atoms in total. The van der Waals surface area contributed by atoms with Crippen molar-refractivity contribution in [1.82, 2.24) is 0 Å². The van der Waals surface area contributed by atoms with E-state index in [2.05, 4.69) is 33.4 Å². The molecule has 6 fully saturated rings. The van der Waals surface area contributed by atoms with Crippen LogP contribution in [0.4, 0.5) is 0 Å². The van der Waals surface area contributed by atoms with E-state index in [1.807, 2.05) is 19.9 Å². The van der Waals surface area contributed by atoms with Crippen LogP contribution < -0.4 is 0 Å². The molecule has 0 aromatic heterocycles. The Balaban J connectivity index is 0.822. The number of ketones is 3. The topological polar surface area (TPSA) is 124 Å². The number of hydrogen-bond donors (Lipinski definition) is 1. The van der Waals surface area contributed by atoms with E-state index in [0.29, 0.717) is 36.5 Å². The van der Waals surface area contributed by atoms with Crippen molar-refractivity contribution >= 4 is 29.3 Å². The quantitative estimate of drug-likeness (QED) is 0.246. The molecule has 8 rings (SSSR count). The first-order valence-corrected chi connectivity index (χ1v) is 21.4. The maximum Gasteiger partial charge on any atom is 0.306 e. The van der Waals surface area contributed by atoms with Gasteiger partial charge in [-0.15, -0.1) is 0 Å². The second-order valence-electron chi connectivity index (χ2n) is 20.2. The molecular weight excluding hydrogens is 693 g/mol. The lowest BCUT2D eigenvalue weighted by atomic mass is 9.45. The van der Waals surface area contributed by atoms with E-state index in [4.69, 9.17) is 9.47 Å². The van der Waals surface area contributed by atoms with Crippen LogP contribution in [0.3, 0.4) is 0 Å². The summed E-state index contributed by atoms with van der Waals surface area (Å²) in [7, 11) is 0. The molecule has 6 saturated carbocycles. The van der Waals surface area contributed by atoms with Crippen LogP contribution in [0.1, 0.15) is 131 Å². The summed E-state index contributed by atoms with van der Waals surface area (Å²) in [5, 5.41) is 12.0. The molecule has 0 spiro atoms. The van der Waals surface area contributed by atoms with E-state index in [-0.39, 0.29) is 84.3 Å². The molecule has 0 radical (unpaired) electrons. The van der Waals surface area contributed by atoms with Crippen molar-refractivity contribution < 1.29 is 38.6 Å². The summed E-state index contributed by atoms with van der Waals surface area (Å²) in [6.07, 6.45) is 17.7. The number of carbonyl (C=O) groups excluding carboxylic acids is 5. The summed E-state index contributed by atoms with van der Waals surface area (Å²) in [5.41, 5.74) is 0.810. The minimum Gasteiger partial charge on any atom is -0.462 e. The number of esters is 2. The van der Waals surface area contributed by atoms with Crippen LogP contribution in [0.25, 0.3) is 0 Å². The van der Waals surface area contributed by atoms with Gasteiger partial charge in [-0.3, -0.25) is 24.0 Å². The van der Waals surface area contributed by atoms with E-state index in [1.54, 1.807) is 17.7 Å². The van der Waals surface area contributed by atoms with Gasteiger partial charge in [0.1, 0.15) is 17.5 Å². The SMILES string of the molecule is C=C1C=C2CC(C)C3C(CCC4(C)C(OC(=O)CCCC(=O)OCC(=O)C5(O)CCC6C7CCC8=CC(=O)C=CC8(C)C7C(=O)CC65C)CCC34)C2(C)CC1. The zero-order chi connectivity index (χ0) is 39.3. The van der Waals surface area contributed by atoms with Crippen LogP contribution in [0, 0.1) is 63.1 Å². The van der Waals surface area contributed by atoms with E-state index in [9.17, 15) is 29.1 Å². The van der Waals surface area contributed by atoms with Gasteiger partial charge in [0, 0.05) is 41.4 Å². The lowest BCUT2D eigenvalue weighted by Gasteiger charge is -2.60. The van der Waals surface area contributed by atoms with Gasteiger partial charge < -0.3 is 14.6 Å². The Bertz CT molecular complexity index is 1800. The third-order valence-corrected chi connectivity index (χ3v) is 17.6. The Kier molecular flexibility index (Phi) is 9.49. The van der Waals surface area contributed by atoms with Gasteiger partial charge in [0.15, 0.2) is 12.4 Å². The van der Waals surface area contributed by atoms with Crippen molar-refractivity contribution in [2.75, 3.05) is 6.61 Å². The number of ether oxygens (including phenoxy) is 2. The van der Waals surface area contributed by atoms with Gasteiger partial charge in [-0.05, 0) is 130 Å². The third-order valence-electron chi connectivity index (χ3n) is 17.6. The molecule has 0 saturated heterocycles. The maximum absolute atomic E-state index is 13.9. The molecule has 0 heterocycles. The Morgan fingerprint density at radius 3 is 2.40 bits per heavy atom. The molecule has 1 N–H and O–H groups in total. The van der Waals surface area contributed by atoms with E-state index < -0.39 is 34.8 Å². The number of allylic oxidation sites excluding steroid dienone is 7. The summed E-state index contributed by atoms with van der Waals surface area (Å²) >= 11 is 0. The third kappa shape index (κ3) is 5.87. The Labute approximate surface area is 327 Å². The number of hydrogen-bond acceptors (Lipinski definition) is 8. The van der Waals surface area contributed by atoms with Crippen LogP contribution in [0.2, 0.25) is 0 Å². The molecule has 298 valence electrons. The number of fused-ring (bicyclic) bond motifs is 10. The molecule has 0 bridgehead atoms. The predicted octanol–water partition coefficient (Wildman–Crippen LogP) is 8.16. The van der Waals surface area contributed by atoms with Crippen molar-refractivity contribution in [3.05, 3.63) is 47.6 Å². The van der Waals surface area contributed by atoms with Crippen LogP contribution >= 0.6 is 0 Å². The maximum atomic E-state index is 13.9. The number of aliphatic hydroxyl groups is 1. The van der Waals surface area contributed by atoms with Gasteiger partial charge in [0.05, 0.1) is 0 Å². The van der Waals surface area contributed by atoms with Crippen LogP contribution in [-0.4, -0.2) is 52.7 Å². The Morgan fingerprint density at radius 1 is 0.873 bits per heavy atom. The van der Waals surface area contributed by atoms with Gasteiger partial charge >= 0.3 is 11.9 Å². The molecule has 8 aliphatic carbocycles. The van der Waals surface area contributed by atoms with E-state index >= 15 is 0 Å². The first-order valence-electron chi connectivity index (χ1n) is 21.4. The summed E-state index contributed by atoms with van der Waals surface area (Å²) in [4.78, 5) is 65.7. The molecule has 55 heavy (non-hydrogen) atoms. The largest absolute Gasteiger partial charge is 0.462 e. The zero-order valence-corrected chi connectivity index (χ0v) is 33.8. The zero-order valence-electron chi connectivity index (χ0n) is 33.8. The summed E-state index contributed by atoms with van der Waals surface area (Å²) in [5.74, 6) is 0.602. The second-order valence-corrected chi connectivity index (χ2v) is 20.2. The summed E-state index contributed by atoms with van der Waals surface area (Å²) in [6.45, 7) is 14.9. The van der Waals surface area contributed by atoms with Gasteiger partial charge in [0.25, 0.3) is 0 Å². The Morgan fingerprint density at radius 2 is 1.62 bits per heavy atom. The average molecular weight is 755 g/mol. The molecule has 8 heteroatoms. The van der Waals surface area contributed by atoms with Crippen molar-refractivity contribution in [1.29, 1.82) is 0 Å². The molecule has 0 aromatic carbocycles. The fraction of sp³-hybridized carbons (Fsp3) is 0.723. The fourth-order valence-corrected chi connectivity index (χ4v) is 14.6. The number of rotatable bonds is 8. The highest BCUT2D eigenvalue weighted by atomic mass is 16.5. The van der Waals surface area contributed by atoms with Crippen LogP contribution in [-0.2, 0) is 33.4 Å². The highest BCUT2D eigenvalue weighted by Crippen LogP contribution is 2.68. The van der Waals surface area contributed by atoms with Crippen molar-refractivity contribution in [2.45, 2.75) is 143 Å². The monoisotopic (exact) mass is 754 g/mol. The Hall–Kier alpha value is -3.13. The van der Waals surface area contributed by atoms with Crippen molar-refractivity contribution in [2.24, 2.45) is 63.1 Å². The standard InChI is InChI=1S/C47H62O8/c1-27-14-18-43(3)30(22-27)23-28(2)41-34-12-13-38(45(34,5)20-16-35(41)43)55-40(52)9-7-8-39(51)54-26-37(50)47(53)21-17-33-32-11-10-29-24-31(48)15-19-44(29,4)42(32)36(49)25-46(33,47)6/h15,19,22,24,28,32-35,38,41-42,53H,1,7-14,16-18,20-21,23,25-26H2,2-6H3. The molecule has 0 aromatic rings. The second kappa shape index (κ2) is 13.5. The van der Waals surface area contributed by atoms with Gasteiger partial charge in [-0.1, -0.05) is 70.1 Å². The normalized spacial score (nSPS) is 45.5. The highest BCUT2D eigenvalue weighted by Gasteiger charge is 2.68. The molecule has 0 amide bonds. The van der Waals surface area contributed by atoms with Crippen LogP contribution in [0.5, 0.6) is 0 Å². The molecule has 13 atom stereocenters. The van der Waals surface area contributed by atoms with E-state index in [1.165, 1.54) is 12.0 Å². The summed E-state index contributed by atoms with van der Waals surface area (Å²) in [6, 6.07) is 0. The highest BCUT2D eigenvalue weighted by molar-refractivity contribution is 6.02. The molecular formula is C47H62O8. The van der Waals surface area contributed by atoms with Crippen molar-refractivity contribution in [3.8, 4) is 0 Å². The number of Topliss-reactive ketones (excluding diaryl/α,β-unsaturated/α-hetero) is 2. The van der Waals surface area contributed by atoms with Gasteiger partial charge in [0.2, 0.25) is 5.78 Å². The lowest BCUT2D eigenvalue weighted by molar-refractivity contribution is -0.172. The molecule has 0 aliphatic heterocycles. The smallest absolute Gasteiger partial charge is 0.306 e. The molecule has 8 aliphatic rings. The average Bonchev–Trinajstić information content (AvgIpc) is 3.60. The minimum absolute atomic E-state index is 0.00852. The number of carbonyl (C=O) groups is 5. The first-order chi connectivity index (χ1) is 25.9. The van der Waals surface area contributed by atoms with Crippen LogP contribution in [0.15, 0.2) is 47.6 Å². The first kappa shape index (κ1) is 38.7. The fourth-order valence-electron chi connectivity index (χ4n) is 14.6.